The van der Waals surface area contributed by atoms with Crippen molar-refractivity contribution in [1.29, 1.82) is 0 Å². The van der Waals surface area contributed by atoms with E-state index in [0.29, 0.717) is 24.0 Å². The van der Waals surface area contributed by atoms with Crippen molar-refractivity contribution < 1.29 is 9.47 Å². The van der Waals surface area contributed by atoms with Crippen LogP contribution in [0.15, 0.2) is 30.6 Å². The molecule has 0 aliphatic carbocycles. The maximum atomic E-state index is 6.28. The lowest BCUT2D eigenvalue weighted by Crippen LogP contribution is -2.15. The smallest absolute Gasteiger partial charge is 0.163 e. The van der Waals surface area contributed by atoms with Gasteiger partial charge in [-0.25, -0.2) is 0 Å². The minimum absolute atomic E-state index is 0.570. The van der Waals surface area contributed by atoms with E-state index < -0.39 is 0 Å². The number of fused-ring (bicyclic) bond motifs is 1. The van der Waals surface area contributed by atoms with Gasteiger partial charge in [0.1, 0.15) is 13.2 Å². The lowest BCUT2D eigenvalue weighted by Gasteiger charge is -2.20. The molecule has 2 heterocycles. The molecule has 0 saturated carbocycles. The monoisotopic (exact) mass is 306 g/mol. The van der Waals surface area contributed by atoms with E-state index >= 15 is 0 Å². The van der Waals surface area contributed by atoms with Crippen LogP contribution < -0.4 is 14.8 Å². The molecular formula is C16H19ClN2O2. The molecule has 0 amide bonds. The van der Waals surface area contributed by atoms with Crippen LogP contribution in [0.3, 0.4) is 0 Å². The van der Waals surface area contributed by atoms with E-state index in [9.17, 15) is 0 Å². The van der Waals surface area contributed by atoms with Crippen LogP contribution in [0.2, 0.25) is 5.02 Å². The van der Waals surface area contributed by atoms with Gasteiger partial charge in [-0.15, -0.1) is 0 Å². The number of hydrogen-bond acceptors (Lipinski definition) is 3. The molecule has 0 saturated heterocycles. The molecule has 2 aromatic rings. The molecule has 1 aliphatic rings. The number of benzene rings is 1. The number of anilines is 1. The Morgan fingerprint density at radius 3 is 2.76 bits per heavy atom. The third kappa shape index (κ3) is 3.27. The van der Waals surface area contributed by atoms with E-state index in [4.69, 9.17) is 21.1 Å². The molecule has 112 valence electrons. The highest BCUT2D eigenvalue weighted by atomic mass is 35.5. The lowest BCUT2D eigenvalue weighted by molar-refractivity contribution is 0.171. The summed E-state index contributed by atoms with van der Waals surface area (Å²) in [5.41, 5.74) is 2.10. The van der Waals surface area contributed by atoms with Crippen LogP contribution in [0.1, 0.15) is 18.9 Å². The maximum absolute atomic E-state index is 6.28. The number of rotatable bonds is 5. The highest BCUT2D eigenvalue weighted by Crippen LogP contribution is 2.38. The zero-order valence-electron chi connectivity index (χ0n) is 12.1. The van der Waals surface area contributed by atoms with Crippen LogP contribution in [0.25, 0.3) is 0 Å². The summed E-state index contributed by atoms with van der Waals surface area (Å²) >= 11 is 6.28. The first kappa shape index (κ1) is 14.1. The molecular weight excluding hydrogens is 288 g/mol. The van der Waals surface area contributed by atoms with Gasteiger partial charge in [0.15, 0.2) is 11.5 Å². The Morgan fingerprint density at radius 2 is 2.00 bits per heavy atom. The molecule has 4 nitrogen and oxygen atoms in total. The van der Waals surface area contributed by atoms with E-state index in [1.165, 1.54) is 5.56 Å². The molecule has 5 heteroatoms. The van der Waals surface area contributed by atoms with Crippen LogP contribution in [0.4, 0.5) is 5.69 Å². The van der Waals surface area contributed by atoms with Gasteiger partial charge in [-0.2, -0.15) is 0 Å². The summed E-state index contributed by atoms with van der Waals surface area (Å²) in [6.45, 7) is 5.10. The molecule has 0 radical (unpaired) electrons. The molecule has 0 atom stereocenters. The largest absolute Gasteiger partial charge is 0.486 e. The van der Waals surface area contributed by atoms with Crippen LogP contribution >= 0.6 is 11.6 Å². The van der Waals surface area contributed by atoms with Gasteiger partial charge in [0, 0.05) is 37.6 Å². The van der Waals surface area contributed by atoms with Crippen molar-refractivity contribution in [1.82, 2.24) is 4.57 Å². The van der Waals surface area contributed by atoms with Crippen molar-refractivity contribution in [3.63, 3.8) is 0 Å². The van der Waals surface area contributed by atoms with Gasteiger partial charge in [-0.05, 0) is 18.1 Å². The summed E-state index contributed by atoms with van der Waals surface area (Å²) in [4.78, 5) is 0. The molecule has 0 bridgehead atoms. The zero-order chi connectivity index (χ0) is 14.7. The van der Waals surface area contributed by atoms with E-state index in [1.807, 2.05) is 6.07 Å². The minimum atomic E-state index is 0.570. The first-order valence-electron chi connectivity index (χ1n) is 7.24. The number of halogens is 1. The number of nitrogens with one attached hydrogen (secondary N) is 1. The van der Waals surface area contributed by atoms with Crippen LogP contribution in [0, 0.1) is 0 Å². The predicted octanol–water partition coefficient (Wildman–Crippen LogP) is 3.93. The average Bonchev–Trinajstić information content (AvgIpc) is 2.93. The molecule has 1 N–H and O–H groups in total. The lowest BCUT2D eigenvalue weighted by atomic mass is 10.2. The molecule has 0 spiro atoms. The topological polar surface area (TPSA) is 35.4 Å². The summed E-state index contributed by atoms with van der Waals surface area (Å²) < 4.78 is 13.3. The Hall–Kier alpha value is -1.81. The highest BCUT2D eigenvalue weighted by Gasteiger charge is 2.14. The van der Waals surface area contributed by atoms with E-state index in [-0.39, 0.29) is 0 Å². The summed E-state index contributed by atoms with van der Waals surface area (Å²) in [7, 11) is 0. The Kier molecular flexibility index (Phi) is 4.25. The SMILES string of the molecule is CCCn1ccc(CNc2cc3c(cc2Cl)OCCO3)c1. The van der Waals surface area contributed by atoms with Gasteiger partial charge in [-0.3, -0.25) is 0 Å². The second-order valence-electron chi connectivity index (χ2n) is 5.09. The number of ether oxygens (including phenoxy) is 2. The van der Waals surface area contributed by atoms with E-state index in [1.54, 1.807) is 6.07 Å². The molecule has 1 aliphatic heterocycles. The van der Waals surface area contributed by atoms with Crippen molar-refractivity contribution in [3.05, 3.63) is 41.2 Å². The Bertz CT molecular complexity index is 625. The van der Waals surface area contributed by atoms with E-state index in [0.717, 1.165) is 30.9 Å². The summed E-state index contributed by atoms with van der Waals surface area (Å²) in [6, 6.07) is 5.83. The molecule has 0 fully saturated rings. The summed E-state index contributed by atoms with van der Waals surface area (Å²) in [5, 5.41) is 4.00. The standard InChI is InChI=1S/C16H19ClN2O2/c1-2-4-19-5-3-12(11-19)10-18-14-9-16-15(8-13(14)17)20-6-7-21-16/h3,5,8-9,11,18H,2,4,6-7,10H2,1H3. The van der Waals surface area contributed by atoms with Gasteiger partial charge in [0.25, 0.3) is 0 Å². The third-order valence-electron chi connectivity index (χ3n) is 3.41. The van der Waals surface area contributed by atoms with Crippen molar-refractivity contribution >= 4 is 17.3 Å². The fourth-order valence-electron chi connectivity index (χ4n) is 2.39. The number of nitrogens with zero attached hydrogens (tertiary/aromatic N) is 1. The quantitative estimate of drug-likeness (QED) is 0.909. The normalized spacial score (nSPS) is 13.2. The zero-order valence-corrected chi connectivity index (χ0v) is 12.8. The van der Waals surface area contributed by atoms with Crippen molar-refractivity contribution in [3.8, 4) is 11.5 Å². The van der Waals surface area contributed by atoms with Gasteiger partial charge < -0.3 is 19.4 Å². The fraction of sp³-hybridized carbons (Fsp3) is 0.375. The first-order valence-corrected chi connectivity index (χ1v) is 7.61. The second kappa shape index (κ2) is 6.31. The van der Waals surface area contributed by atoms with Crippen LogP contribution in [-0.2, 0) is 13.1 Å². The Labute approximate surface area is 129 Å². The second-order valence-corrected chi connectivity index (χ2v) is 5.49. The molecule has 3 rings (SSSR count). The molecule has 21 heavy (non-hydrogen) atoms. The van der Waals surface area contributed by atoms with Gasteiger partial charge >= 0.3 is 0 Å². The van der Waals surface area contributed by atoms with Gasteiger partial charge in [0.2, 0.25) is 0 Å². The Morgan fingerprint density at radius 1 is 1.24 bits per heavy atom. The summed E-state index contributed by atoms with van der Waals surface area (Å²) in [6.07, 6.45) is 5.39. The van der Waals surface area contributed by atoms with Crippen molar-refractivity contribution in [2.45, 2.75) is 26.4 Å². The van der Waals surface area contributed by atoms with Gasteiger partial charge in [0.05, 0.1) is 10.7 Å². The first-order chi connectivity index (χ1) is 10.3. The predicted molar refractivity (Wildman–Crippen MR) is 84.5 cm³/mol. The van der Waals surface area contributed by atoms with Crippen molar-refractivity contribution in [2.75, 3.05) is 18.5 Å². The number of hydrogen-bond donors (Lipinski definition) is 1. The molecule has 1 aromatic heterocycles. The maximum Gasteiger partial charge on any atom is 0.163 e. The highest BCUT2D eigenvalue weighted by molar-refractivity contribution is 6.33. The molecule has 1 aromatic carbocycles. The fourth-order valence-corrected chi connectivity index (χ4v) is 2.61. The van der Waals surface area contributed by atoms with Crippen LogP contribution in [-0.4, -0.2) is 17.8 Å². The van der Waals surface area contributed by atoms with Crippen molar-refractivity contribution in [2.24, 2.45) is 0 Å². The number of aromatic nitrogens is 1. The third-order valence-corrected chi connectivity index (χ3v) is 3.72. The average molecular weight is 307 g/mol. The summed E-state index contributed by atoms with van der Waals surface area (Å²) in [5.74, 6) is 1.46. The number of aryl methyl sites for hydroxylation is 1. The van der Waals surface area contributed by atoms with E-state index in [2.05, 4.69) is 35.3 Å². The van der Waals surface area contributed by atoms with Gasteiger partial charge in [-0.1, -0.05) is 18.5 Å². The Balaban J connectivity index is 1.69. The molecule has 0 unspecified atom stereocenters. The minimum Gasteiger partial charge on any atom is -0.486 e. The van der Waals surface area contributed by atoms with Crippen LogP contribution in [0.5, 0.6) is 11.5 Å².